The molecule has 584 valence electrons. The number of methoxy groups -OCH3 is 4. The first kappa shape index (κ1) is 78.4. The number of rotatable bonds is 29. The van der Waals surface area contributed by atoms with Crippen molar-refractivity contribution >= 4 is 35.5 Å². The summed E-state index contributed by atoms with van der Waals surface area (Å²) in [5, 5.41) is 25.1. The number of fused-ring (bicyclic) bond motifs is 6. The summed E-state index contributed by atoms with van der Waals surface area (Å²) in [6.45, 7) is 20.5. The molecule has 0 aromatic rings. The van der Waals surface area contributed by atoms with E-state index in [1.807, 2.05) is 0 Å². The van der Waals surface area contributed by atoms with Crippen LogP contribution in [0.1, 0.15) is 122 Å². The van der Waals surface area contributed by atoms with Crippen LogP contribution in [0.25, 0.3) is 0 Å². The molecule has 0 saturated carbocycles. The number of ether oxygens (including phenoxy) is 22. The zero-order valence-corrected chi connectivity index (χ0v) is 61.1. The quantitative estimate of drug-likeness (QED) is 0.0366. The number of aliphatic carboxylic acids is 1. The van der Waals surface area contributed by atoms with E-state index < -0.39 is 286 Å². The average Bonchev–Trinajstić information content (AvgIpc) is 1.64. The molecule has 103 heavy (non-hydrogen) atoms. The number of carbonyl (C=O) groups excluding carboxylic acids is 5. The van der Waals surface area contributed by atoms with Gasteiger partial charge in [0.25, 0.3) is 0 Å². The van der Waals surface area contributed by atoms with Gasteiger partial charge in [-0.25, -0.2) is 0 Å². The van der Waals surface area contributed by atoms with Crippen molar-refractivity contribution in [2.75, 3.05) is 41.5 Å². The number of carboxylic acid groups (broad SMARTS) is 1. The Balaban J connectivity index is 0.821. The smallest absolute Gasteiger partial charge is 0.305 e. The highest BCUT2D eigenvalue weighted by molar-refractivity contribution is 5.84. The SMILES string of the molecule is CO[C@H]1O[C@H]([C@H](CC(=O)O)NC(=O)C[C@@H](NC(=O)C[C@H](NC(=O)C[C@@H](NC(=O)C[C@H](NC(=O)C[C@@H](N)[C@H]2O[C@H](CN)[C@H]3OC(C)(C)O[C@@H]23)[C@H]2O[C@H](OC)[C@H]3OC(C)(C)O[C@H]32)[C@H]2O[C@H](OC)[C@H]3OC(C)(C)O[C@H]32)[C@H]2O[C@H](CN)[C@H]3OC(C)(C)O[C@@H]23)[C@H]2O[C@H](OC)[C@H]3OC(C)(C)O[C@H]32)[C@@H]2OC(C)(C)O[C@H]12. The summed E-state index contributed by atoms with van der Waals surface area (Å²) in [6.07, 6.45) is -24.9. The van der Waals surface area contributed by atoms with E-state index in [4.69, 9.17) is 121 Å². The second kappa shape index (κ2) is 30.0. The zero-order chi connectivity index (χ0) is 74.5. The molecule has 0 bridgehead atoms. The van der Waals surface area contributed by atoms with Crippen LogP contribution in [-0.4, -0.2) is 300 Å². The van der Waals surface area contributed by atoms with E-state index in [2.05, 4.69) is 26.6 Å². The van der Waals surface area contributed by atoms with Gasteiger partial charge in [0.15, 0.2) is 59.9 Å². The van der Waals surface area contributed by atoms with Gasteiger partial charge in [-0.2, -0.15) is 0 Å². The van der Waals surface area contributed by atoms with Crippen LogP contribution in [0.3, 0.4) is 0 Å². The Morgan fingerprint density at radius 3 is 0.777 bits per heavy atom. The van der Waals surface area contributed by atoms with Gasteiger partial charge in [0.2, 0.25) is 29.5 Å². The molecule has 12 fully saturated rings. The van der Waals surface area contributed by atoms with E-state index in [-0.39, 0.29) is 19.5 Å². The molecule has 12 heterocycles. The van der Waals surface area contributed by atoms with E-state index in [1.54, 1.807) is 83.1 Å². The average molecular weight is 1480 g/mol. The van der Waals surface area contributed by atoms with E-state index >= 15 is 14.4 Å². The Morgan fingerprint density at radius 1 is 0.320 bits per heavy atom. The molecule has 37 nitrogen and oxygen atoms in total. The molecule has 0 unspecified atom stereocenters. The Hall–Kier alpha value is -4.18. The van der Waals surface area contributed by atoms with E-state index in [0.717, 1.165) is 0 Å². The number of hydrogen-bond acceptors (Lipinski definition) is 31. The van der Waals surface area contributed by atoms with Crippen molar-refractivity contribution in [1.82, 2.24) is 26.6 Å². The molecule has 12 saturated heterocycles. The highest BCUT2D eigenvalue weighted by atomic mass is 16.8. The van der Waals surface area contributed by atoms with Crippen molar-refractivity contribution in [3.8, 4) is 0 Å². The van der Waals surface area contributed by atoms with Crippen LogP contribution in [0.4, 0.5) is 0 Å². The van der Waals surface area contributed by atoms with Crippen molar-refractivity contribution < 1.29 is 138 Å². The Bertz CT molecular complexity index is 3080. The lowest BCUT2D eigenvalue weighted by molar-refractivity contribution is -0.230. The number of carbonyl (C=O) groups is 6. The first-order chi connectivity index (χ1) is 48.3. The maximum atomic E-state index is 15.5. The van der Waals surface area contributed by atoms with Crippen LogP contribution in [0, 0.1) is 0 Å². The fourth-order valence-electron chi connectivity index (χ4n) is 16.8. The first-order valence-electron chi connectivity index (χ1n) is 35.4. The minimum Gasteiger partial charge on any atom is -0.481 e. The Labute approximate surface area is 596 Å². The fourth-order valence-corrected chi connectivity index (χ4v) is 16.8. The lowest BCUT2D eigenvalue weighted by atomic mass is 9.95. The van der Waals surface area contributed by atoms with Gasteiger partial charge >= 0.3 is 5.97 Å². The lowest BCUT2D eigenvalue weighted by Gasteiger charge is -2.33. The van der Waals surface area contributed by atoms with E-state index in [9.17, 15) is 19.5 Å². The summed E-state index contributed by atoms with van der Waals surface area (Å²) in [5.41, 5.74) is 19.2. The fraction of sp³-hybridized carbons (Fsp3) is 0.909. The van der Waals surface area contributed by atoms with Crippen LogP contribution in [-0.2, 0) is 133 Å². The van der Waals surface area contributed by atoms with E-state index in [1.165, 1.54) is 28.4 Å². The molecule has 0 spiro atoms. The molecule has 30 atom stereocenters. The van der Waals surface area contributed by atoms with Crippen LogP contribution in [0.2, 0.25) is 0 Å². The van der Waals surface area contributed by atoms with Crippen LogP contribution < -0.4 is 43.8 Å². The molecule has 0 radical (unpaired) electrons. The normalized spacial score (nSPS) is 41.6. The minimum atomic E-state index is -1.31. The van der Waals surface area contributed by atoms with Gasteiger partial charge in [0, 0.05) is 79.7 Å². The summed E-state index contributed by atoms with van der Waals surface area (Å²) in [6, 6.07) is -7.29. The predicted molar refractivity (Wildman–Crippen MR) is 344 cm³/mol. The topological polar surface area (TPSA) is 464 Å². The van der Waals surface area contributed by atoms with Crippen molar-refractivity contribution in [1.29, 1.82) is 0 Å². The number of amides is 5. The Kier molecular flexibility index (Phi) is 22.8. The molecule has 0 aromatic heterocycles. The van der Waals surface area contributed by atoms with Gasteiger partial charge in [0.1, 0.15) is 110 Å². The maximum Gasteiger partial charge on any atom is 0.305 e. The van der Waals surface area contributed by atoms with Gasteiger partial charge in [-0.15, -0.1) is 0 Å². The maximum absolute atomic E-state index is 15.5. The predicted octanol–water partition coefficient (Wildman–Crippen LogP) is -2.78. The van der Waals surface area contributed by atoms with Crippen molar-refractivity contribution in [3.63, 3.8) is 0 Å². The van der Waals surface area contributed by atoms with E-state index in [0.29, 0.717) is 0 Å². The minimum absolute atomic E-state index is 0.0612. The summed E-state index contributed by atoms with van der Waals surface area (Å²) >= 11 is 0. The summed E-state index contributed by atoms with van der Waals surface area (Å²) in [7, 11) is 5.63. The van der Waals surface area contributed by atoms with Gasteiger partial charge in [-0.05, 0) is 83.1 Å². The third kappa shape index (κ3) is 16.7. The third-order valence-corrected chi connectivity index (χ3v) is 20.5. The molecule has 0 aliphatic carbocycles. The van der Waals surface area contributed by atoms with Crippen molar-refractivity contribution in [3.05, 3.63) is 0 Å². The number of nitrogens with one attached hydrogen (secondary N) is 5. The molecule has 37 heteroatoms. The first-order valence-corrected chi connectivity index (χ1v) is 35.4. The lowest BCUT2D eigenvalue weighted by Crippen LogP contribution is -2.57. The zero-order valence-electron chi connectivity index (χ0n) is 61.1. The highest BCUT2D eigenvalue weighted by Gasteiger charge is 2.65. The second-order valence-electron chi connectivity index (χ2n) is 31.1. The second-order valence-corrected chi connectivity index (χ2v) is 31.1. The van der Waals surface area contributed by atoms with Crippen LogP contribution in [0.15, 0.2) is 0 Å². The molecular formula is C66H106N8O29. The number of nitrogens with two attached hydrogens (primary N) is 3. The van der Waals surface area contributed by atoms with Gasteiger partial charge in [-0.1, -0.05) is 0 Å². The molecule has 0 aromatic carbocycles. The molecule has 12 N–H and O–H groups in total. The summed E-state index contributed by atoms with van der Waals surface area (Å²) in [4.78, 5) is 87.9. The highest BCUT2D eigenvalue weighted by Crippen LogP contribution is 2.47. The van der Waals surface area contributed by atoms with Crippen molar-refractivity contribution in [2.45, 2.75) is 340 Å². The third-order valence-electron chi connectivity index (χ3n) is 20.5. The monoisotopic (exact) mass is 1470 g/mol. The molecule has 12 aliphatic heterocycles. The van der Waals surface area contributed by atoms with Crippen molar-refractivity contribution in [2.24, 2.45) is 17.2 Å². The number of hydrogen-bond donors (Lipinski definition) is 9. The summed E-state index contributed by atoms with van der Waals surface area (Å²) < 4.78 is 136. The standard InChI is InChI=1S/C66H106N8O29/c1-61(2)92-45-31(23-67)86-39(47(45)94-61)25(69)17-33(75)70-27(41-49-53(57(82-13)88-41)100-63(5,6)96-49)19-36(78)73-28(42-50-54(58(83-14)89-42)101-64(7,8)97-50)20-35(77)71-26(40-48-46(32(24-68)87-40)93-62(3,4)95-48)18-34(76)72-29(43-51-55(59(84-15)90-43)102-65(9,10)98-51)21-37(79)74-30(22-38(80)81)44-52-56(60(85-16)91-44)103-66(11,12)99-52/h25-32,39-60H,17-24,67-69H2,1-16H3,(H,70,75)(H,71,77)(H,72,76)(H,73,78)(H,74,79)(H,80,81)/t25-,26+,27+,28-,29-,30+,31-,32-,39-,40-,41-,42-,43-,44-,45-,46-,47+,48+,49+,50+,51+,52+,53+,54+,55+,56+,57+,58+,59+,60+/m1/s1. The summed E-state index contributed by atoms with van der Waals surface area (Å²) in [5.74, 6) is -11.6. The van der Waals surface area contributed by atoms with Gasteiger partial charge in [-0.3, -0.25) is 28.8 Å². The molecular weight excluding hydrogens is 1370 g/mol. The molecule has 12 aliphatic rings. The largest absolute Gasteiger partial charge is 0.481 e. The van der Waals surface area contributed by atoms with Gasteiger partial charge < -0.3 is 153 Å². The van der Waals surface area contributed by atoms with Gasteiger partial charge in [0.05, 0.1) is 48.8 Å². The van der Waals surface area contributed by atoms with Crippen LogP contribution in [0.5, 0.6) is 0 Å². The Morgan fingerprint density at radius 2 is 0.524 bits per heavy atom. The molecule has 12 rings (SSSR count). The van der Waals surface area contributed by atoms with Crippen LogP contribution >= 0.6 is 0 Å². The number of carboxylic acids is 1. The molecule has 5 amide bonds.